The minimum atomic E-state index is 0.173. The number of hydrogen-bond acceptors (Lipinski definition) is 2. The molecule has 0 radical (unpaired) electrons. The largest absolute Gasteiger partial charge is 0.375 e. The third-order valence-corrected chi connectivity index (χ3v) is 2.57. The van der Waals surface area contributed by atoms with Gasteiger partial charge in [0.25, 0.3) is 0 Å². The highest BCUT2D eigenvalue weighted by Crippen LogP contribution is 2.23. The number of nitrogens with zero attached hydrogens (tertiary/aromatic N) is 1. The molecular weight excluding hydrogens is 242 g/mol. The van der Waals surface area contributed by atoms with Gasteiger partial charge in [-0.15, -0.1) is 0 Å². The Morgan fingerprint density at radius 3 is 2.61 bits per heavy atom. The Morgan fingerprint density at radius 1 is 1.44 bits per heavy atom. The van der Waals surface area contributed by atoms with E-state index in [4.69, 9.17) is 5.73 Å². The lowest BCUT2D eigenvalue weighted by molar-refractivity contribution is 0.410. The second kappa shape index (κ2) is 5.96. The Labute approximate surface area is 114 Å². The third-order valence-electron chi connectivity index (χ3n) is 2.48. The molecule has 1 aromatic rings. The van der Waals surface area contributed by atoms with Crippen LogP contribution in [0.25, 0.3) is 0 Å². The first-order chi connectivity index (χ1) is 8.28. The summed E-state index contributed by atoms with van der Waals surface area (Å²) in [4.78, 5) is 0. The van der Waals surface area contributed by atoms with E-state index in [1.807, 2.05) is 0 Å². The molecule has 18 heavy (non-hydrogen) atoms. The summed E-state index contributed by atoms with van der Waals surface area (Å²) in [5.41, 5.74) is 11.8. The van der Waals surface area contributed by atoms with Crippen LogP contribution in [-0.2, 0) is 6.42 Å². The standard InChI is InChI=1S/C14H21N3S/c1-10-7-11(9-16-17-13(15)18)5-6-12(10)8-14(2,3)4/h5-7,9H,8H2,1-4H3,(H3,15,17,18)/b16-9+. The molecule has 1 rings (SSSR count). The minimum Gasteiger partial charge on any atom is -0.375 e. The zero-order valence-electron chi connectivity index (χ0n) is 11.4. The van der Waals surface area contributed by atoms with Gasteiger partial charge in [0.15, 0.2) is 5.11 Å². The average molecular weight is 263 g/mol. The van der Waals surface area contributed by atoms with Gasteiger partial charge in [-0.3, -0.25) is 5.43 Å². The Bertz CT molecular complexity index is 459. The van der Waals surface area contributed by atoms with E-state index < -0.39 is 0 Å². The molecule has 0 aliphatic heterocycles. The Kier molecular flexibility index (Phi) is 4.84. The molecule has 4 heteroatoms. The van der Waals surface area contributed by atoms with Gasteiger partial charge in [-0.05, 0) is 47.7 Å². The van der Waals surface area contributed by atoms with Gasteiger partial charge < -0.3 is 5.73 Å². The third kappa shape index (κ3) is 5.27. The summed E-state index contributed by atoms with van der Waals surface area (Å²) in [6.07, 6.45) is 2.79. The summed E-state index contributed by atoms with van der Waals surface area (Å²) in [6, 6.07) is 6.33. The van der Waals surface area contributed by atoms with Crippen LogP contribution in [-0.4, -0.2) is 11.3 Å². The fourth-order valence-corrected chi connectivity index (χ4v) is 1.79. The van der Waals surface area contributed by atoms with Crippen LogP contribution in [0, 0.1) is 12.3 Å². The van der Waals surface area contributed by atoms with E-state index in [-0.39, 0.29) is 5.11 Å². The van der Waals surface area contributed by atoms with E-state index in [0.29, 0.717) is 5.41 Å². The molecule has 0 saturated carbocycles. The van der Waals surface area contributed by atoms with Crippen molar-refractivity contribution >= 4 is 23.5 Å². The topological polar surface area (TPSA) is 50.4 Å². The maximum atomic E-state index is 5.29. The van der Waals surface area contributed by atoms with E-state index >= 15 is 0 Å². The molecule has 0 atom stereocenters. The number of benzene rings is 1. The molecule has 0 aromatic heterocycles. The minimum absolute atomic E-state index is 0.173. The fraction of sp³-hybridized carbons (Fsp3) is 0.429. The molecule has 0 bridgehead atoms. The van der Waals surface area contributed by atoms with Crippen LogP contribution in [0.1, 0.15) is 37.5 Å². The summed E-state index contributed by atoms with van der Waals surface area (Å²) in [5.74, 6) is 0. The lowest BCUT2D eigenvalue weighted by Gasteiger charge is -2.19. The smallest absolute Gasteiger partial charge is 0.184 e. The summed E-state index contributed by atoms with van der Waals surface area (Å²) in [7, 11) is 0. The van der Waals surface area contributed by atoms with Crippen molar-refractivity contribution in [2.45, 2.75) is 34.1 Å². The first-order valence-electron chi connectivity index (χ1n) is 5.96. The molecule has 1 aromatic carbocycles. The first-order valence-corrected chi connectivity index (χ1v) is 6.37. The summed E-state index contributed by atoms with van der Waals surface area (Å²) in [6.45, 7) is 8.86. The lowest BCUT2D eigenvalue weighted by Crippen LogP contribution is -2.24. The SMILES string of the molecule is Cc1cc(/C=N/NC(N)=S)ccc1CC(C)(C)C. The second-order valence-electron chi connectivity index (χ2n) is 5.66. The van der Waals surface area contributed by atoms with Crippen LogP contribution < -0.4 is 11.2 Å². The fourth-order valence-electron chi connectivity index (χ4n) is 1.74. The highest BCUT2D eigenvalue weighted by Gasteiger charge is 2.12. The van der Waals surface area contributed by atoms with Gasteiger partial charge >= 0.3 is 0 Å². The Balaban J connectivity index is 2.79. The Hall–Kier alpha value is -1.42. The monoisotopic (exact) mass is 263 g/mol. The number of hydrogen-bond donors (Lipinski definition) is 2. The van der Waals surface area contributed by atoms with Crippen LogP contribution >= 0.6 is 12.2 Å². The van der Waals surface area contributed by atoms with Crippen LogP contribution in [0.4, 0.5) is 0 Å². The van der Waals surface area contributed by atoms with Gasteiger partial charge in [0.1, 0.15) is 0 Å². The van der Waals surface area contributed by atoms with Gasteiger partial charge in [-0.1, -0.05) is 39.0 Å². The Morgan fingerprint density at radius 2 is 2.11 bits per heavy atom. The lowest BCUT2D eigenvalue weighted by atomic mass is 9.86. The molecule has 3 N–H and O–H groups in total. The zero-order valence-corrected chi connectivity index (χ0v) is 12.3. The van der Waals surface area contributed by atoms with Gasteiger partial charge in [0.2, 0.25) is 0 Å². The molecule has 3 nitrogen and oxygen atoms in total. The van der Waals surface area contributed by atoms with Crippen molar-refractivity contribution in [1.29, 1.82) is 0 Å². The number of thiocarbonyl (C=S) groups is 1. The van der Waals surface area contributed by atoms with E-state index in [9.17, 15) is 0 Å². The van der Waals surface area contributed by atoms with Gasteiger partial charge in [0, 0.05) is 0 Å². The maximum Gasteiger partial charge on any atom is 0.184 e. The molecular formula is C14H21N3S. The quantitative estimate of drug-likeness (QED) is 0.501. The molecule has 0 unspecified atom stereocenters. The van der Waals surface area contributed by atoms with Gasteiger partial charge in [-0.25, -0.2) is 0 Å². The zero-order chi connectivity index (χ0) is 13.8. The van der Waals surface area contributed by atoms with Crippen LogP contribution in [0.5, 0.6) is 0 Å². The first kappa shape index (κ1) is 14.6. The van der Waals surface area contributed by atoms with E-state index in [1.165, 1.54) is 11.1 Å². The highest BCUT2D eigenvalue weighted by atomic mass is 32.1. The van der Waals surface area contributed by atoms with Crippen molar-refractivity contribution in [1.82, 2.24) is 5.43 Å². The number of nitrogens with two attached hydrogens (primary N) is 1. The average Bonchev–Trinajstić information content (AvgIpc) is 2.19. The molecule has 0 spiro atoms. The van der Waals surface area contributed by atoms with Gasteiger partial charge in [0.05, 0.1) is 6.21 Å². The summed E-state index contributed by atoms with van der Waals surface area (Å²) >= 11 is 4.67. The predicted molar refractivity (Wildman–Crippen MR) is 81.9 cm³/mol. The molecule has 0 saturated heterocycles. The number of aryl methyl sites for hydroxylation is 1. The number of hydrazone groups is 1. The van der Waals surface area contributed by atoms with Crippen molar-refractivity contribution < 1.29 is 0 Å². The van der Waals surface area contributed by atoms with Crippen molar-refractivity contribution in [3.05, 3.63) is 34.9 Å². The van der Waals surface area contributed by atoms with Crippen molar-refractivity contribution in [3.63, 3.8) is 0 Å². The van der Waals surface area contributed by atoms with Crippen LogP contribution in [0.3, 0.4) is 0 Å². The second-order valence-corrected chi connectivity index (χ2v) is 6.10. The maximum absolute atomic E-state index is 5.29. The van der Waals surface area contributed by atoms with Crippen molar-refractivity contribution in [2.75, 3.05) is 0 Å². The van der Waals surface area contributed by atoms with Crippen LogP contribution in [0.2, 0.25) is 0 Å². The van der Waals surface area contributed by atoms with Gasteiger partial charge in [-0.2, -0.15) is 5.10 Å². The van der Waals surface area contributed by atoms with E-state index in [2.05, 4.69) is 68.6 Å². The summed E-state index contributed by atoms with van der Waals surface area (Å²) < 4.78 is 0. The van der Waals surface area contributed by atoms with E-state index in [0.717, 1.165) is 12.0 Å². The molecule has 0 aliphatic rings. The normalized spacial score (nSPS) is 11.8. The molecule has 0 amide bonds. The van der Waals surface area contributed by atoms with Crippen LogP contribution in [0.15, 0.2) is 23.3 Å². The highest BCUT2D eigenvalue weighted by molar-refractivity contribution is 7.80. The van der Waals surface area contributed by atoms with E-state index in [1.54, 1.807) is 6.21 Å². The molecule has 98 valence electrons. The predicted octanol–water partition coefficient (Wildman–Crippen LogP) is 2.75. The molecule has 0 heterocycles. The van der Waals surface area contributed by atoms with Crippen molar-refractivity contribution in [2.24, 2.45) is 16.3 Å². The number of nitrogens with one attached hydrogen (secondary N) is 1. The molecule has 0 aliphatic carbocycles. The summed E-state index contributed by atoms with van der Waals surface area (Å²) in [5, 5.41) is 4.12. The number of rotatable bonds is 3. The molecule has 0 fully saturated rings. The van der Waals surface area contributed by atoms with Crippen molar-refractivity contribution in [3.8, 4) is 0 Å².